The third-order valence-electron chi connectivity index (χ3n) is 3.07. The molecule has 1 fully saturated rings. The van der Waals surface area contributed by atoms with Gasteiger partial charge in [-0.2, -0.15) is 0 Å². The molecule has 0 aromatic heterocycles. The van der Waals surface area contributed by atoms with Crippen LogP contribution in [0.15, 0.2) is 24.3 Å². The third kappa shape index (κ3) is 3.72. The monoisotopic (exact) mass is 248 g/mol. The smallest absolute Gasteiger partial charge is 0.307 e. The molecule has 0 saturated carbocycles. The Labute approximate surface area is 108 Å². The van der Waals surface area contributed by atoms with E-state index in [1.165, 1.54) is 5.56 Å². The maximum Gasteiger partial charge on any atom is 0.333 e. The lowest BCUT2D eigenvalue weighted by Gasteiger charge is -2.32. The first-order valence-electron chi connectivity index (χ1n) is 6.21. The summed E-state index contributed by atoms with van der Waals surface area (Å²) in [5.41, 5.74) is 4.85. The number of nitrogens with zero attached hydrogens (tertiary/aromatic N) is 2. The average molecular weight is 248 g/mol. The van der Waals surface area contributed by atoms with E-state index in [0.29, 0.717) is 0 Å². The van der Waals surface area contributed by atoms with Crippen molar-refractivity contribution in [1.82, 2.24) is 15.3 Å². The summed E-state index contributed by atoms with van der Waals surface area (Å²) in [6.07, 6.45) is 0. The summed E-state index contributed by atoms with van der Waals surface area (Å²) in [6, 6.07) is 7.58. The van der Waals surface area contributed by atoms with Gasteiger partial charge in [-0.1, -0.05) is 17.7 Å². The number of rotatable bonds is 2. The van der Waals surface area contributed by atoms with Gasteiger partial charge in [-0.25, -0.2) is 9.80 Å². The standard InChI is InChI=1S/C13H20N4O/c1-11-3-5-12(6-4-11)14-13(18)15-17-9-7-16(2)8-10-17/h3-6H,7-10H2,1-2H3,(H2,14,15,18). The zero-order chi connectivity index (χ0) is 13.0. The van der Waals surface area contributed by atoms with E-state index in [9.17, 15) is 4.79 Å². The number of likely N-dealkylation sites (N-methyl/N-ethyl adjacent to an activating group) is 1. The van der Waals surface area contributed by atoms with E-state index in [4.69, 9.17) is 0 Å². The minimum atomic E-state index is -0.177. The van der Waals surface area contributed by atoms with E-state index < -0.39 is 0 Å². The van der Waals surface area contributed by atoms with Crippen molar-refractivity contribution in [2.75, 3.05) is 38.5 Å². The van der Waals surface area contributed by atoms with Gasteiger partial charge in [0.05, 0.1) is 0 Å². The van der Waals surface area contributed by atoms with Crippen LogP contribution in [-0.4, -0.2) is 49.2 Å². The molecular formula is C13H20N4O. The van der Waals surface area contributed by atoms with Crippen LogP contribution < -0.4 is 10.7 Å². The van der Waals surface area contributed by atoms with Crippen molar-refractivity contribution in [1.29, 1.82) is 0 Å². The quantitative estimate of drug-likeness (QED) is 0.829. The number of carbonyl (C=O) groups excluding carboxylic acids is 1. The van der Waals surface area contributed by atoms with E-state index in [1.54, 1.807) is 0 Å². The lowest BCUT2D eigenvalue weighted by molar-refractivity contribution is 0.116. The highest BCUT2D eigenvalue weighted by atomic mass is 16.2. The van der Waals surface area contributed by atoms with Crippen molar-refractivity contribution >= 4 is 11.7 Å². The predicted molar refractivity (Wildman–Crippen MR) is 72.4 cm³/mol. The fourth-order valence-electron chi connectivity index (χ4n) is 1.86. The molecule has 0 aliphatic carbocycles. The van der Waals surface area contributed by atoms with E-state index in [1.807, 2.05) is 36.2 Å². The predicted octanol–water partition coefficient (Wildman–Crippen LogP) is 1.28. The Kier molecular flexibility index (Phi) is 4.17. The Morgan fingerprint density at radius 3 is 2.33 bits per heavy atom. The molecule has 0 spiro atoms. The number of hydrazine groups is 1. The second-order valence-electron chi connectivity index (χ2n) is 4.72. The van der Waals surface area contributed by atoms with E-state index >= 15 is 0 Å². The summed E-state index contributed by atoms with van der Waals surface area (Å²) < 4.78 is 0. The van der Waals surface area contributed by atoms with Gasteiger partial charge in [0.2, 0.25) is 0 Å². The number of aryl methyl sites for hydroxylation is 1. The van der Waals surface area contributed by atoms with Gasteiger partial charge < -0.3 is 10.2 Å². The van der Waals surface area contributed by atoms with E-state index in [-0.39, 0.29) is 6.03 Å². The van der Waals surface area contributed by atoms with Crippen LogP contribution in [0.25, 0.3) is 0 Å². The van der Waals surface area contributed by atoms with Crippen LogP contribution in [0, 0.1) is 6.92 Å². The minimum absolute atomic E-state index is 0.177. The Morgan fingerprint density at radius 1 is 1.11 bits per heavy atom. The van der Waals surface area contributed by atoms with Crippen LogP contribution in [0.2, 0.25) is 0 Å². The number of amides is 2. The Bertz CT molecular complexity index is 396. The molecule has 0 bridgehead atoms. The second kappa shape index (κ2) is 5.84. The molecule has 2 rings (SSSR count). The molecule has 1 aromatic carbocycles. The van der Waals surface area contributed by atoms with Gasteiger partial charge in [0.1, 0.15) is 0 Å². The SMILES string of the molecule is Cc1ccc(NC(=O)NN2CCN(C)CC2)cc1. The van der Waals surface area contributed by atoms with Gasteiger partial charge in [-0.15, -0.1) is 0 Å². The fourth-order valence-corrected chi connectivity index (χ4v) is 1.86. The van der Waals surface area contributed by atoms with E-state index in [0.717, 1.165) is 31.9 Å². The highest BCUT2D eigenvalue weighted by molar-refractivity contribution is 5.88. The van der Waals surface area contributed by atoms with E-state index in [2.05, 4.69) is 22.7 Å². The number of benzene rings is 1. The van der Waals surface area contributed by atoms with Crippen molar-refractivity contribution in [3.05, 3.63) is 29.8 Å². The van der Waals surface area contributed by atoms with Crippen LogP contribution >= 0.6 is 0 Å². The number of hydrogen-bond donors (Lipinski definition) is 2. The number of piperazine rings is 1. The van der Waals surface area contributed by atoms with Crippen molar-refractivity contribution in [2.45, 2.75) is 6.92 Å². The molecule has 5 heteroatoms. The van der Waals surface area contributed by atoms with Crippen LogP contribution in [0.5, 0.6) is 0 Å². The largest absolute Gasteiger partial charge is 0.333 e. The summed E-state index contributed by atoms with van der Waals surface area (Å²) in [5.74, 6) is 0. The van der Waals surface area contributed by atoms with Crippen LogP contribution in [0.3, 0.4) is 0 Å². The van der Waals surface area contributed by atoms with Gasteiger partial charge in [-0.3, -0.25) is 5.43 Å². The second-order valence-corrected chi connectivity index (χ2v) is 4.72. The molecule has 1 aliphatic heterocycles. The number of nitrogens with one attached hydrogen (secondary N) is 2. The lowest BCUT2D eigenvalue weighted by atomic mass is 10.2. The van der Waals surface area contributed by atoms with Crippen molar-refractivity contribution in [3.8, 4) is 0 Å². The summed E-state index contributed by atoms with van der Waals surface area (Å²) in [5, 5.41) is 4.77. The van der Waals surface area contributed by atoms with Crippen molar-refractivity contribution in [2.24, 2.45) is 0 Å². The zero-order valence-corrected chi connectivity index (χ0v) is 10.9. The minimum Gasteiger partial charge on any atom is -0.307 e. The Hall–Kier alpha value is -1.59. The topological polar surface area (TPSA) is 47.6 Å². The summed E-state index contributed by atoms with van der Waals surface area (Å²) in [4.78, 5) is 14.0. The van der Waals surface area contributed by atoms with Gasteiger partial charge in [0, 0.05) is 31.9 Å². The van der Waals surface area contributed by atoms with Gasteiger partial charge in [-0.05, 0) is 26.1 Å². The summed E-state index contributed by atoms with van der Waals surface area (Å²) in [7, 11) is 2.09. The molecular weight excluding hydrogens is 228 g/mol. The molecule has 1 heterocycles. The lowest BCUT2D eigenvalue weighted by Crippen LogP contribution is -2.53. The first kappa shape index (κ1) is 12.9. The van der Waals surface area contributed by atoms with Crippen LogP contribution in [0.4, 0.5) is 10.5 Å². The maximum atomic E-state index is 11.8. The first-order valence-corrected chi connectivity index (χ1v) is 6.21. The number of carbonyl (C=O) groups is 1. The van der Waals surface area contributed by atoms with Crippen molar-refractivity contribution < 1.29 is 4.79 Å². The molecule has 0 unspecified atom stereocenters. The van der Waals surface area contributed by atoms with Gasteiger partial charge >= 0.3 is 6.03 Å². The number of anilines is 1. The van der Waals surface area contributed by atoms with Crippen LogP contribution in [-0.2, 0) is 0 Å². The molecule has 1 aromatic rings. The highest BCUT2D eigenvalue weighted by Crippen LogP contribution is 2.08. The van der Waals surface area contributed by atoms with Gasteiger partial charge in [0.25, 0.3) is 0 Å². The zero-order valence-electron chi connectivity index (χ0n) is 10.9. The summed E-state index contributed by atoms with van der Waals surface area (Å²) in [6.45, 7) is 5.69. The van der Waals surface area contributed by atoms with Crippen molar-refractivity contribution in [3.63, 3.8) is 0 Å². The molecule has 2 amide bonds. The third-order valence-corrected chi connectivity index (χ3v) is 3.07. The van der Waals surface area contributed by atoms with Crippen LogP contribution in [0.1, 0.15) is 5.56 Å². The number of hydrogen-bond acceptors (Lipinski definition) is 3. The normalized spacial score (nSPS) is 17.4. The molecule has 2 N–H and O–H groups in total. The van der Waals surface area contributed by atoms with Gasteiger partial charge in [0.15, 0.2) is 0 Å². The molecule has 0 radical (unpaired) electrons. The molecule has 1 saturated heterocycles. The maximum absolute atomic E-state index is 11.8. The first-order chi connectivity index (χ1) is 8.63. The molecule has 18 heavy (non-hydrogen) atoms. The molecule has 98 valence electrons. The molecule has 1 aliphatic rings. The Balaban J connectivity index is 1.80. The highest BCUT2D eigenvalue weighted by Gasteiger charge is 2.15. The molecule has 0 atom stereocenters. The fraction of sp³-hybridized carbons (Fsp3) is 0.462. The summed E-state index contributed by atoms with van der Waals surface area (Å²) >= 11 is 0. The molecule has 5 nitrogen and oxygen atoms in total. The Morgan fingerprint density at radius 2 is 1.72 bits per heavy atom. The number of urea groups is 1. The average Bonchev–Trinajstić information content (AvgIpc) is 2.35.